The summed E-state index contributed by atoms with van der Waals surface area (Å²) in [6, 6.07) is 29.7. The Labute approximate surface area is 350 Å². The van der Waals surface area contributed by atoms with Crippen LogP contribution in [0.25, 0.3) is 22.5 Å². The lowest BCUT2D eigenvalue weighted by Crippen LogP contribution is -3.00. The first kappa shape index (κ1) is 47.1. The Morgan fingerprint density at radius 1 is 0.702 bits per heavy atom. The van der Waals surface area contributed by atoms with Gasteiger partial charge in [0.05, 0.1) is 36.9 Å². The van der Waals surface area contributed by atoms with Crippen LogP contribution in [0.3, 0.4) is 0 Å². The molecule has 0 aliphatic heterocycles. The molecule has 0 aliphatic rings. The molecular weight excluding hydrogens is 791 g/mol. The molecule has 9 N–H and O–H groups in total. The van der Waals surface area contributed by atoms with E-state index in [9.17, 15) is 9.59 Å². The number of carbonyl (C=O) groups excluding carboxylic acids is 2. The van der Waals surface area contributed by atoms with Crippen LogP contribution in [-0.4, -0.2) is 74.2 Å². The van der Waals surface area contributed by atoms with E-state index in [4.69, 9.17) is 32.5 Å². The van der Waals surface area contributed by atoms with Crippen molar-refractivity contribution in [2.45, 2.75) is 0 Å². The van der Waals surface area contributed by atoms with Crippen molar-refractivity contribution >= 4 is 52.0 Å². The summed E-state index contributed by atoms with van der Waals surface area (Å²) >= 11 is 5.80. The normalized spacial score (nSPS) is 9.82. The van der Waals surface area contributed by atoms with Gasteiger partial charge in [-0.2, -0.15) is 4.98 Å². The Morgan fingerprint density at radius 2 is 1.21 bits per heavy atom. The average molecular weight is 838 g/mol. The van der Waals surface area contributed by atoms with Crippen molar-refractivity contribution in [2.75, 3.05) is 57.9 Å². The summed E-state index contributed by atoms with van der Waals surface area (Å²) in [5.41, 5.74) is 21.8. The molecule has 14 nitrogen and oxygen atoms in total. The van der Waals surface area contributed by atoms with Gasteiger partial charge in [-0.05, 0) is 48.5 Å². The van der Waals surface area contributed by atoms with E-state index >= 15 is 0 Å². The molecule has 302 valence electrons. The topological polar surface area (TPSA) is 207 Å². The summed E-state index contributed by atoms with van der Waals surface area (Å²) in [5.74, 6) is 1.56. The monoisotopic (exact) mass is 836 g/mol. The number of nitrogens with two attached hydrogens (primary N) is 3. The number of quaternary nitrogens is 2. The van der Waals surface area contributed by atoms with Crippen molar-refractivity contribution in [3.8, 4) is 34.0 Å². The van der Waals surface area contributed by atoms with Crippen LogP contribution in [0, 0.1) is 0 Å². The summed E-state index contributed by atoms with van der Waals surface area (Å²) < 4.78 is 10.6. The highest BCUT2D eigenvalue weighted by atomic mass is 35.5. The Balaban J connectivity index is 0.000000463. The van der Waals surface area contributed by atoms with Crippen molar-refractivity contribution in [3.63, 3.8) is 0 Å². The molecule has 6 rings (SSSR count). The summed E-state index contributed by atoms with van der Waals surface area (Å²) in [5, 5.41) is 2.30. The third-order valence-electron chi connectivity index (χ3n) is 7.97. The van der Waals surface area contributed by atoms with Gasteiger partial charge in [0, 0.05) is 76.4 Å². The molecule has 2 heterocycles. The lowest BCUT2D eigenvalue weighted by molar-refractivity contribution is -0.483. The molecule has 17 heteroatoms. The van der Waals surface area contributed by atoms with Gasteiger partial charge >= 0.3 is 5.91 Å². The zero-order valence-electron chi connectivity index (χ0n) is 32.3. The van der Waals surface area contributed by atoms with Crippen molar-refractivity contribution in [1.82, 2.24) is 19.9 Å². The molecule has 0 aliphatic carbocycles. The fourth-order valence-corrected chi connectivity index (χ4v) is 5.51. The summed E-state index contributed by atoms with van der Waals surface area (Å²) in [6.45, 7) is 0. The zero-order chi connectivity index (χ0) is 40.1. The van der Waals surface area contributed by atoms with Crippen LogP contribution in [0.15, 0.2) is 110 Å². The van der Waals surface area contributed by atoms with Crippen LogP contribution in [0.1, 0.15) is 22.1 Å². The predicted molar refractivity (Wildman–Crippen MR) is 218 cm³/mol. The number of primary amides is 1. The van der Waals surface area contributed by atoms with Gasteiger partial charge in [-0.1, -0.05) is 35.9 Å². The van der Waals surface area contributed by atoms with Crippen LogP contribution in [0.4, 0.5) is 28.6 Å². The predicted octanol–water partition coefficient (Wildman–Crippen LogP) is -1.38. The second-order valence-corrected chi connectivity index (χ2v) is 12.6. The standard InChI is InChI=1S/C20H21N5O2.C11H9ClN2O.C9H13N3O.2ClH.H2/c1-25(2)17-9-8-13(10-15(17)20(21)26)24-19-11-16(22-12-23-19)14-6-4-5-7-18(14)27-3;1-15-10-5-3-2-4-8(10)9-6-11(12)14-7-13-9;1-12(2)8-4-3-6(10)5-7(8)9(11)13;;;/h4-12H,1-3H3,(H2,21,26)(H,22,23,24);2-7H,1H3;3-5H,10H2,1-2H3,(H2,11,13);3*1H. The fraction of sp³-hybridized carbons (Fsp3) is 0.150. The number of halogens is 3. The number of anilines is 3. The van der Waals surface area contributed by atoms with Crippen LogP contribution in [0.2, 0.25) is 5.15 Å². The van der Waals surface area contributed by atoms with Crippen LogP contribution < -0.4 is 66.6 Å². The third-order valence-corrected chi connectivity index (χ3v) is 8.18. The van der Waals surface area contributed by atoms with E-state index in [2.05, 4.69) is 25.7 Å². The number of hydrogen-bond acceptors (Lipinski definition) is 11. The summed E-state index contributed by atoms with van der Waals surface area (Å²) in [6.07, 6.45) is 2.95. The second kappa shape index (κ2) is 22.5. The van der Waals surface area contributed by atoms with E-state index in [1.54, 1.807) is 38.5 Å². The summed E-state index contributed by atoms with van der Waals surface area (Å²) in [7, 11) is 10.7. The van der Waals surface area contributed by atoms with Gasteiger partial charge in [0.25, 0.3) is 5.91 Å². The molecule has 4 aromatic carbocycles. The van der Waals surface area contributed by atoms with Crippen molar-refractivity contribution in [3.05, 3.63) is 126 Å². The zero-order valence-corrected chi connectivity index (χ0v) is 34.5. The number of hydrogen-bond donors (Lipinski definition) is 4. The van der Waals surface area contributed by atoms with Gasteiger partial charge in [-0.3, -0.25) is 15.8 Å². The molecule has 2 amide bonds. The van der Waals surface area contributed by atoms with Gasteiger partial charge in [-0.25, -0.2) is 19.7 Å². The molecule has 0 spiro atoms. The Hall–Kier alpha value is -6.03. The van der Waals surface area contributed by atoms with E-state index in [1.165, 1.54) is 12.7 Å². The number of aromatic nitrogens is 4. The molecular formula is C40H47Cl3N10O4. The number of carbonyl (C=O) groups is 2. The van der Waals surface area contributed by atoms with Crippen LogP contribution in [0.5, 0.6) is 11.5 Å². The molecule has 0 atom stereocenters. The molecule has 0 fully saturated rings. The number of nitrogens with zero attached hydrogens (tertiary/aromatic N) is 6. The maximum atomic E-state index is 11.8. The first-order valence-corrected chi connectivity index (χ1v) is 17.2. The van der Waals surface area contributed by atoms with E-state index in [1.807, 2.05) is 116 Å². The molecule has 0 saturated heterocycles. The minimum Gasteiger partial charge on any atom is -1.00 e. The highest BCUT2D eigenvalue weighted by Gasteiger charge is 2.15. The quantitative estimate of drug-likeness (QED) is 0.0935. The lowest BCUT2D eigenvalue weighted by Gasteiger charge is -2.16. The van der Waals surface area contributed by atoms with E-state index in [0.717, 1.165) is 56.9 Å². The van der Waals surface area contributed by atoms with Gasteiger partial charge in [0.1, 0.15) is 40.6 Å². The van der Waals surface area contributed by atoms with Crippen LogP contribution >= 0.6 is 11.6 Å². The Kier molecular flexibility index (Phi) is 18.6. The molecule has 6 aromatic rings. The lowest BCUT2D eigenvalue weighted by atomic mass is 10.1. The fourth-order valence-electron chi connectivity index (χ4n) is 5.36. The minimum atomic E-state index is -0.466. The van der Waals surface area contributed by atoms with E-state index in [-0.39, 0.29) is 32.1 Å². The minimum absolute atomic E-state index is 0. The summed E-state index contributed by atoms with van der Waals surface area (Å²) in [4.78, 5) is 43.3. The molecule has 2 aromatic heterocycles. The molecule has 0 bridgehead atoms. The highest BCUT2D eigenvalue weighted by Crippen LogP contribution is 2.30. The van der Waals surface area contributed by atoms with Gasteiger partial charge in [0.2, 0.25) is 5.82 Å². The van der Waals surface area contributed by atoms with Gasteiger partial charge in [0.15, 0.2) is 0 Å². The highest BCUT2D eigenvalue weighted by molar-refractivity contribution is 6.29. The first-order valence-electron chi connectivity index (χ1n) is 16.8. The number of para-hydroxylation sites is 2. The molecule has 0 radical (unpaired) electrons. The SMILES string of the molecule is CN(C)c1ccc(N)cc1C([NH3+])=O.COc1ccccc1-c1cc(Cl)ncn1.COc1ccccc1-c1cc([NH2+]c2ccc(N(C)C)c(C(N)=O)c2)ncn1.[Cl-].[Cl-].[HH]. The molecule has 0 unspecified atom stereocenters. The van der Waals surface area contributed by atoms with E-state index < -0.39 is 5.91 Å². The number of rotatable bonds is 10. The number of ether oxygens (including phenoxy) is 2. The average Bonchev–Trinajstić information content (AvgIpc) is 3.18. The number of methoxy groups -OCH3 is 2. The maximum Gasteiger partial charge on any atom is 0.343 e. The number of nitrogen functional groups attached to an aromatic ring is 1. The Bertz CT molecular complexity index is 2270. The maximum absolute atomic E-state index is 11.8. The Morgan fingerprint density at radius 3 is 1.72 bits per heavy atom. The smallest absolute Gasteiger partial charge is 0.343 e. The van der Waals surface area contributed by atoms with Crippen LogP contribution in [-0.2, 0) is 0 Å². The van der Waals surface area contributed by atoms with Crippen molar-refractivity contribution < 1.29 is 56.4 Å². The second-order valence-electron chi connectivity index (χ2n) is 12.2. The van der Waals surface area contributed by atoms with Gasteiger partial charge < -0.3 is 55.6 Å². The largest absolute Gasteiger partial charge is 1.00 e. The first-order chi connectivity index (χ1) is 26.3. The number of amides is 2. The van der Waals surface area contributed by atoms with E-state index in [0.29, 0.717) is 22.0 Å². The molecule has 57 heavy (non-hydrogen) atoms. The molecule has 0 saturated carbocycles. The van der Waals surface area contributed by atoms with Crippen molar-refractivity contribution in [2.24, 2.45) is 5.73 Å². The third kappa shape index (κ3) is 13.0. The van der Waals surface area contributed by atoms with Gasteiger partial charge in [-0.15, -0.1) is 0 Å². The number of benzene rings is 4. The van der Waals surface area contributed by atoms with Crippen molar-refractivity contribution in [1.29, 1.82) is 0 Å².